The Hall–Kier alpha value is -5.95. The van der Waals surface area contributed by atoms with Gasteiger partial charge in [-0.2, -0.15) is 0 Å². The van der Waals surface area contributed by atoms with E-state index in [-0.39, 0.29) is 23.2 Å². The number of carbonyl (C=O) groups excluding carboxylic acids is 3. The third-order valence-electron chi connectivity index (χ3n) is 7.91. The van der Waals surface area contributed by atoms with Gasteiger partial charge in [0, 0.05) is 69.3 Å². The number of hydrogen-bond acceptors (Lipinski definition) is 6. The van der Waals surface area contributed by atoms with Crippen molar-refractivity contribution in [2.75, 3.05) is 36.8 Å². The number of aromatic nitrogens is 3. The average molecular weight is 621 g/mol. The molecule has 46 heavy (non-hydrogen) atoms. The van der Waals surface area contributed by atoms with Gasteiger partial charge < -0.3 is 35.8 Å². The van der Waals surface area contributed by atoms with Crippen molar-refractivity contribution in [1.82, 2.24) is 25.2 Å². The number of hydrogen-bond donors (Lipinski definition) is 6. The van der Waals surface area contributed by atoms with Crippen LogP contribution in [0.3, 0.4) is 0 Å². The molecule has 6 rings (SSSR count). The Kier molecular flexibility index (Phi) is 8.23. The lowest BCUT2D eigenvalue weighted by molar-refractivity contribution is -0.384. The maximum Gasteiger partial charge on any atom is 0.272 e. The fourth-order valence-corrected chi connectivity index (χ4v) is 5.38. The first-order valence-corrected chi connectivity index (χ1v) is 14.9. The van der Waals surface area contributed by atoms with Crippen molar-refractivity contribution in [2.45, 2.75) is 13.8 Å². The summed E-state index contributed by atoms with van der Waals surface area (Å²) in [6.45, 7) is 7.36. The number of non-ortho nitro benzene ring substituents is 1. The van der Waals surface area contributed by atoms with Crippen molar-refractivity contribution in [1.29, 1.82) is 0 Å². The molecular formula is C33H32N8O5. The minimum absolute atomic E-state index is 0.0586. The summed E-state index contributed by atoms with van der Waals surface area (Å²) in [5, 5.41) is 21.8. The molecule has 6 aromatic rings. The van der Waals surface area contributed by atoms with Gasteiger partial charge in [-0.3, -0.25) is 24.5 Å². The van der Waals surface area contributed by atoms with Crippen molar-refractivity contribution < 1.29 is 19.3 Å². The molecule has 3 amide bonds. The summed E-state index contributed by atoms with van der Waals surface area (Å²) >= 11 is 0. The Balaban J connectivity index is 1.11. The number of aromatic amines is 3. The maximum absolute atomic E-state index is 13.1. The number of anilines is 2. The van der Waals surface area contributed by atoms with Crippen LogP contribution in [0.4, 0.5) is 17.1 Å². The van der Waals surface area contributed by atoms with Crippen LogP contribution in [-0.4, -0.2) is 68.7 Å². The van der Waals surface area contributed by atoms with E-state index >= 15 is 0 Å². The van der Waals surface area contributed by atoms with Gasteiger partial charge in [0.15, 0.2) is 0 Å². The Morgan fingerprint density at radius 3 is 1.61 bits per heavy atom. The number of nitrogens with zero attached hydrogens (tertiary/aromatic N) is 2. The van der Waals surface area contributed by atoms with E-state index < -0.39 is 10.8 Å². The second-order valence-electron chi connectivity index (χ2n) is 10.9. The smallest absolute Gasteiger partial charge is 0.272 e. The summed E-state index contributed by atoms with van der Waals surface area (Å²) in [7, 11) is 0. The van der Waals surface area contributed by atoms with E-state index in [1.165, 1.54) is 12.1 Å². The molecule has 0 fully saturated rings. The number of fused-ring (bicyclic) bond motifs is 3. The third kappa shape index (κ3) is 6.30. The average Bonchev–Trinajstić information content (AvgIpc) is 3.79. The molecule has 0 atom stereocenters. The van der Waals surface area contributed by atoms with Gasteiger partial charge in [0.2, 0.25) is 0 Å². The summed E-state index contributed by atoms with van der Waals surface area (Å²) in [4.78, 5) is 60.7. The number of carbonyl (C=O) groups is 3. The van der Waals surface area contributed by atoms with Crippen molar-refractivity contribution in [2.24, 2.45) is 0 Å². The fourth-order valence-electron chi connectivity index (χ4n) is 5.38. The normalized spacial score (nSPS) is 11.4. The molecule has 0 bridgehead atoms. The topological polar surface area (TPSA) is 181 Å². The van der Waals surface area contributed by atoms with Gasteiger partial charge >= 0.3 is 0 Å². The van der Waals surface area contributed by atoms with Gasteiger partial charge in [-0.25, -0.2) is 0 Å². The zero-order valence-electron chi connectivity index (χ0n) is 25.2. The Labute approximate surface area is 262 Å². The Morgan fingerprint density at radius 2 is 1.13 bits per heavy atom. The third-order valence-corrected chi connectivity index (χ3v) is 7.91. The molecule has 6 N–H and O–H groups in total. The number of rotatable bonds is 11. The molecule has 0 aliphatic rings. The first-order chi connectivity index (χ1) is 22.2. The van der Waals surface area contributed by atoms with Crippen molar-refractivity contribution in [3.8, 4) is 0 Å². The largest absolute Gasteiger partial charge is 0.351 e. The highest BCUT2D eigenvalue weighted by molar-refractivity contribution is 6.09. The van der Waals surface area contributed by atoms with Crippen LogP contribution in [0.2, 0.25) is 0 Å². The van der Waals surface area contributed by atoms with Crippen molar-refractivity contribution in [3.63, 3.8) is 0 Å². The molecule has 0 unspecified atom stereocenters. The predicted octanol–water partition coefficient (Wildman–Crippen LogP) is 5.61. The molecular weight excluding hydrogens is 588 g/mol. The monoisotopic (exact) mass is 620 g/mol. The number of nitro groups is 1. The zero-order valence-corrected chi connectivity index (χ0v) is 25.2. The van der Waals surface area contributed by atoms with Crippen LogP contribution < -0.4 is 16.0 Å². The summed E-state index contributed by atoms with van der Waals surface area (Å²) in [5.74, 6) is -0.944. The van der Waals surface area contributed by atoms with Crippen LogP contribution in [-0.2, 0) is 0 Å². The molecule has 0 saturated carbocycles. The van der Waals surface area contributed by atoms with Crippen LogP contribution in [0.1, 0.15) is 45.3 Å². The molecule has 0 spiro atoms. The maximum atomic E-state index is 13.1. The Morgan fingerprint density at radius 1 is 0.674 bits per heavy atom. The lowest BCUT2D eigenvalue weighted by Crippen LogP contribution is -2.34. The highest BCUT2D eigenvalue weighted by atomic mass is 16.6. The minimum atomic E-state index is -0.485. The van der Waals surface area contributed by atoms with Crippen LogP contribution in [0, 0.1) is 10.1 Å². The summed E-state index contributed by atoms with van der Waals surface area (Å²) in [6, 6.07) is 19.9. The molecule has 13 heteroatoms. The summed E-state index contributed by atoms with van der Waals surface area (Å²) in [6.07, 6.45) is 0. The first kappa shape index (κ1) is 30.1. The fraction of sp³-hybridized carbons (Fsp3) is 0.182. The summed E-state index contributed by atoms with van der Waals surface area (Å²) < 4.78 is 0. The van der Waals surface area contributed by atoms with Crippen LogP contribution in [0.25, 0.3) is 32.7 Å². The van der Waals surface area contributed by atoms with Crippen molar-refractivity contribution >= 4 is 67.5 Å². The lowest BCUT2D eigenvalue weighted by Gasteiger charge is -2.17. The standard InChI is InChI=1S/C33H32N8O5/c1-3-40(4-2)12-11-34-31(42)28-16-19-13-22(5-8-25(19)37-28)35-32(43)29-17-20-14-23(6-9-26(20)38-29)36-33(44)30-18-21-15-24(41(45)46)7-10-27(21)39-30/h5-10,13-18,37-39H,3-4,11-12H2,1-2H3,(H,34,42)(H,35,43)(H,36,44). The Bertz CT molecular complexity index is 2120. The van der Waals surface area contributed by atoms with E-state index in [9.17, 15) is 24.5 Å². The quantitative estimate of drug-likeness (QED) is 0.0808. The van der Waals surface area contributed by atoms with E-state index in [4.69, 9.17) is 0 Å². The first-order valence-electron chi connectivity index (χ1n) is 14.9. The zero-order chi connectivity index (χ0) is 32.4. The minimum Gasteiger partial charge on any atom is -0.351 e. The van der Waals surface area contributed by atoms with Crippen LogP contribution in [0.15, 0.2) is 72.8 Å². The van der Waals surface area contributed by atoms with E-state index in [0.717, 1.165) is 30.5 Å². The number of nitro benzene ring substituents is 1. The molecule has 234 valence electrons. The highest BCUT2D eigenvalue weighted by Gasteiger charge is 2.16. The second kappa shape index (κ2) is 12.6. The van der Waals surface area contributed by atoms with Crippen LogP contribution >= 0.6 is 0 Å². The van der Waals surface area contributed by atoms with Gasteiger partial charge in [-0.05, 0) is 73.8 Å². The molecule has 3 aromatic heterocycles. The second-order valence-corrected chi connectivity index (χ2v) is 10.9. The van der Waals surface area contributed by atoms with Gasteiger partial charge in [-0.15, -0.1) is 0 Å². The molecule has 0 radical (unpaired) electrons. The number of likely N-dealkylation sites (N-methyl/N-ethyl adjacent to an activating group) is 1. The predicted molar refractivity (Wildman–Crippen MR) is 178 cm³/mol. The van der Waals surface area contributed by atoms with Gasteiger partial charge in [-0.1, -0.05) is 13.8 Å². The molecule has 0 aliphatic heterocycles. The number of benzene rings is 3. The van der Waals surface area contributed by atoms with Gasteiger partial charge in [0.05, 0.1) is 4.92 Å². The lowest BCUT2D eigenvalue weighted by atomic mass is 10.2. The van der Waals surface area contributed by atoms with Crippen LogP contribution in [0.5, 0.6) is 0 Å². The van der Waals surface area contributed by atoms with Gasteiger partial charge in [0.1, 0.15) is 17.1 Å². The SMILES string of the molecule is CCN(CC)CCNC(=O)c1cc2cc(NC(=O)c3cc4cc(NC(=O)c5cc6cc([N+](=O)[O-])ccc6[nH]5)ccc4[nH]3)ccc2[nH]1. The summed E-state index contributed by atoms with van der Waals surface area (Å²) in [5.41, 5.74) is 4.15. The number of H-pyrrole nitrogens is 3. The molecule has 3 heterocycles. The number of nitrogens with one attached hydrogen (secondary N) is 6. The molecule has 0 aliphatic carbocycles. The van der Waals surface area contributed by atoms with Crippen molar-refractivity contribution in [3.05, 3.63) is 100.0 Å². The van der Waals surface area contributed by atoms with E-state index in [1.54, 1.807) is 54.6 Å². The van der Waals surface area contributed by atoms with E-state index in [2.05, 4.69) is 49.6 Å². The highest BCUT2D eigenvalue weighted by Crippen LogP contribution is 2.25. The van der Waals surface area contributed by atoms with E-state index in [1.807, 2.05) is 6.07 Å². The van der Waals surface area contributed by atoms with E-state index in [0.29, 0.717) is 51.1 Å². The van der Waals surface area contributed by atoms with Gasteiger partial charge in [0.25, 0.3) is 23.4 Å². The number of amides is 3. The molecule has 3 aromatic carbocycles. The molecule has 0 saturated heterocycles. The molecule has 13 nitrogen and oxygen atoms in total.